The molecule has 1 aromatic heterocycles. The lowest BCUT2D eigenvalue weighted by Gasteiger charge is -2.27. The summed E-state index contributed by atoms with van der Waals surface area (Å²) in [6, 6.07) is 11.8. The molecule has 0 unspecified atom stereocenters. The van der Waals surface area contributed by atoms with Crippen LogP contribution in [0, 0.1) is 0 Å². The fourth-order valence-electron chi connectivity index (χ4n) is 3.35. The van der Waals surface area contributed by atoms with E-state index in [9.17, 15) is 4.79 Å². The topological polar surface area (TPSA) is 65.8 Å². The third-order valence-electron chi connectivity index (χ3n) is 4.65. The van der Waals surface area contributed by atoms with Gasteiger partial charge in [-0.25, -0.2) is 4.68 Å². The molecule has 7 heteroatoms. The zero-order valence-corrected chi connectivity index (χ0v) is 14.6. The van der Waals surface area contributed by atoms with Crippen molar-refractivity contribution in [2.75, 3.05) is 26.4 Å². The number of carbonyl (C=O) groups excluding carboxylic acids is 1. The normalized spacial score (nSPS) is 20.5. The molecule has 138 valence electrons. The minimum absolute atomic E-state index is 0.0117. The van der Waals surface area contributed by atoms with Crippen LogP contribution in [-0.4, -0.2) is 59.3 Å². The molecule has 7 nitrogen and oxygen atoms in total. The maximum absolute atomic E-state index is 13.0. The average Bonchev–Trinajstić information content (AvgIpc) is 3.44. The minimum Gasteiger partial charge on any atom is -0.368 e. The van der Waals surface area contributed by atoms with Crippen molar-refractivity contribution >= 4 is 5.91 Å². The number of rotatable bonds is 6. The van der Waals surface area contributed by atoms with E-state index in [2.05, 4.69) is 5.10 Å². The smallest absolute Gasteiger partial charge is 0.252 e. The van der Waals surface area contributed by atoms with Gasteiger partial charge in [0.15, 0.2) is 6.29 Å². The number of benzene rings is 1. The third-order valence-corrected chi connectivity index (χ3v) is 4.65. The van der Waals surface area contributed by atoms with Gasteiger partial charge in [-0.3, -0.25) is 4.79 Å². The molecule has 3 heterocycles. The van der Waals surface area contributed by atoms with Gasteiger partial charge in [0, 0.05) is 12.8 Å². The van der Waals surface area contributed by atoms with Crippen molar-refractivity contribution < 1.29 is 19.0 Å². The van der Waals surface area contributed by atoms with E-state index in [1.54, 1.807) is 11.1 Å². The Kier molecular flexibility index (Phi) is 5.29. The molecule has 1 aromatic carbocycles. The fraction of sp³-hybridized carbons (Fsp3) is 0.474. The van der Waals surface area contributed by atoms with E-state index in [-0.39, 0.29) is 18.3 Å². The summed E-state index contributed by atoms with van der Waals surface area (Å²) in [5.74, 6) is -0.0117. The van der Waals surface area contributed by atoms with E-state index in [0.29, 0.717) is 32.9 Å². The molecule has 2 saturated heterocycles. The van der Waals surface area contributed by atoms with Crippen LogP contribution < -0.4 is 0 Å². The first-order valence-corrected chi connectivity index (χ1v) is 9.03. The highest BCUT2D eigenvalue weighted by Crippen LogP contribution is 2.19. The van der Waals surface area contributed by atoms with Crippen molar-refractivity contribution in [3.05, 3.63) is 48.3 Å². The first-order chi connectivity index (χ1) is 12.8. The maximum atomic E-state index is 13.0. The number of ether oxygens (including phenoxy) is 3. The molecule has 0 N–H and O–H groups in total. The summed E-state index contributed by atoms with van der Waals surface area (Å²) in [5, 5.41) is 4.41. The zero-order valence-electron chi connectivity index (χ0n) is 14.6. The van der Waals surface area contributed by atoms with Crippen molar-refractivity contribution in [3.8, 4) is 5.69 Å². The first-order valence-electron chi connectivity index (χ1n) is 9.03. The second-order valence-electron chi connectivity index (χ2n) is 6.46. The van der Waals surface area contributed by atoms with Gasteiger partial charge in [0.1, 0.15) is 6.10 Å². The van der Waals surface area contributed by atoms with Crippen molar-refractivity contribution in [1.82, 2.24) is 14.7 Å². The van der Waals surface area contributed by atoms with Gasteiger partial charge in [0.25, 0.3) is 5.91 Å². The predicted molar refractivity (Wildman–Crippen MR) is 93.6 cm³/mol. The van der Waals surface area contributed by atoms with Crippen molar-refractivity contribution in [2.45, 2.75) is 31.8 Å². The molecule has 2 fully saturated rings. The fourth-order valence-corrected chi connectivity index (χ4v) is 3.35. The van der Waals surface area contributed by atoms with Crippen molar-refractivity contribution in [1.29, 1.82) is 0 Å². The molecule has 26 heavy (non-hydrogen) atoms. The van der Waals surface area contributed by atoms with E-state index >= 15 is 0 Å². The zero-order chi connectivity index (χ0) is 17.8. The van der Waals surface area contributed by atoms with Crippen molar-refractivity contribution in [2.24, 2.45) is 0 Å². The molecule has 0 bridgehead atoms. The van der Waals surface area contributed by atoms with Crippen molar-refractivity contribution in [3.63, 3.8) is 0 Å². The average molecular weight is 357 g/mol. The molecule has 2 aromatic rings. The van der Waals surface area contributed by atoms with Gasteiger partial charge < -0.3 is 19.1 Å². The summed E-state index contributed by atoms with van der Waals surface area (Å²) in [4.78, 5) is 14.7. The maximum Gasteiger partial charge on any atom is 0.252 e. The van der Waals surface area contributed by atoms with Gasteiger partial charge in [0.05, 0.1) is 37.7 Å². The quantitative estimate of drug-likeness (QED) is 0.788. The summed E-state index contributed by atoms with van der Waals surface area (Å²) in [6.07, 6.45) is 2.68. The molecule has 0 saturated carbocycles. The van der Waals surface area contributed by atoms with Gasteiger partial charge >= 0.3 is 0 Å². The van der Waals surface area contributed by atoms with E-state index in [4.69, 9.17) is 14.2 Å². The summed E-state index contributed by atoms with van der Waals surface area (Å²) in [5.41, 5.74) is 1.89. The van der Waals surface area contributed by atoms with Crippen LogP contribution in [0.2, 0.25) is 0 Å². The Morgan fingerprint density at radius 3 is 2.65 bits per heavy atom. The Balaban J connectivity index is 1.54. The van der Waals surface area contributed by atoms with Crippen LogP contribution in [0.3, 0.4) is 0 Å². The number of carbonyl (C=O) groups is 1. The molecular formula is C19H23N3O4. The first kappa shape index (κ1) is 17.2. The molecule has 4 rings (SSSR count). The van der Waals surface area contributed by atoms with Crippen LogP contribution >= 0.6 is 0 Å². The Bertz CT molecular complexity index is 721. The number of hydrogen-bond acceptors (Lipinski definition) is 5. The van der Waals surface area contributed by atoms with Crippen LogP contribution in [0.4, 0.5) is 0 Å². The number of aromatic nitrogens is 2. The molecule has 0 radical (unpaired) electrons. The largest absolute Gasteiger partial charge is 0.368 e. The minimum atomic E-state index is -0.381. The number of nitrogens with zero attached hydrogens (tertiary/aromatic N) is 3. The standard InChI is InChI=1S/C19H23N3O4/c23-19(17-7-4-10-24-17)21(14-18-25-11-12-26-18)13-16-8-9-20-22(16)15-5-2-1-3-6-15/h1-3,5-6,8-9,17-18H,4,7,10-14H2/t17-/m0/s1. The molecular weight excluding hydrogens is 334 g/mol. The Morgan fingerprint density at radius 2 is 1.92 bits per heavy atom. The van der Waals surface area contributed by atoms with E-state index in [0.717, 1.165) is 24.2 Å². The van der Waals surface area contributed by atoms with Gasteiger partial charge in [-0.05, 0) is 31.0 Å². The van der Waals surface area contributed by atoms with Crippen LogP contribution in [0.25, 0.3) is 5.69 Å². The summed E-state index contributed by atoms with van der Waals surface area (Å²) in [7, 11) is 0. The van der Waals surface area contributed by atoms with Crippen LogP contribution in [-0.2, 0) is 25.5 Å². The second kappa shape index (κ2) is 7.99. The summed E-state index contributed by atoms with van der Waals surface area (Å²) < 4.78 is 18.6. The summed E-state index contributed by atoms with van der Waals surface area (Å²) >= 11 is 0. The highest BCUT2D eigenvalue weighted by molar-refractivity contribution is 5.81. The van der Waals surface area contributed by atoms with E-state index in [1.165, 1.54) is 0 Å². The molecule has 0 spiro atoms. The molecule has 1 amide bonds. The van der Waals surface area contributed by atoms with Gasteiger partial charge in [-0.1, -0.05) is 18.2 Å². The van der Waals surface area contributed by atoms with E-state index in [1.807, 2.05) is 41.1 Å². The second-order valence-corrected chi connectivity index (χ2v) is 6.46. The van der Waals surface area contributed by atoms with Crippen LogP contribution in [0.15, 0.2) is 42.6 Å². The van der Waals surface area contributed by atoms with Gasteiger partial charge in [0.2, 0.25) is 0 Å². The predicted octanol–water partition coefficient (Wildman–Crippen LogP) is 1.75. The van der Waals surface area contributed by atoms with Crippen LogP contribution in [0.5, 0.6) is 0 Å². The lowest BCUT2D eigenvalue weighted by atomic mass is 10.2. The number of para-hydroxylation sites is 1. The van der Waals surface area contributed by atoms with Gasteiger partial charge in [-0.2, -0.15) is 5.10 Å². The molecule has 2 aliphatic rings. The number of hydrogen-bond donors (Lipinski definition) is 0. The molecule has 1 atom stereocenters. The highest BCUT2D eigenvalue weighted by Gasteiger charge is 2.31. The Hall–Kier alpha value is -2.22. The number of amides is 1. The van der Waals surface area contributed by atoms with Gasteiger partial charge in [-0.15, -0.1) is 0 Å². The third kappa shape index (κ3) is 3.80. The lowest BCUT2D eigenvalue weighted by molar-refractivity contribution is -0.147. The molecule has 0 aliphatic carbocycles. The molecule has 2 aliphatic heterocycles. The summed E-state index contributed by atoms with van der Waals surface area (Å²) in [6.45, 7) is 2.58. The van der Waals surface area contributed by atoms with Crippen LogP contribution in [0.1, 0.15) is 18.5 Å². The lowest BCUT2D eigenvalue weighted by Crippen LogP contribution is -2.43. The highest BCUT2D eigenvalue weighted by atomic mass is 16.7. The Morgan fingerprint density at radius 1 is 1.12 bits per heavy atom. The van der Waals surface area contributed by atoms with E-state index < -0.39 is 0 Å². The monoisotopic (exact) mass is 357 g/mol. The Labute approximate surface area is 152 Å². The SMILES string of the molecule is O=C([C@@H]1CCCO1)N(Cc1ccnn1-c1ccccc1)CC1OCCO1.